The largest absolute Gasteiger partial charge is 0.377 e. The van der Waals surface area contributed by atoms with E-state index in [9.17, 15) is 4.79 Å². The minimum atomic E-state index is -0.424. The molecule has 1 aliphatic rings. The Labute approximate surface area is 234 Å². The van der Waals surface area contributed by atoms with E-state index >= 15 is 0 Å². The maximum Gasteiger partial charge on any atom is 0.232 e. The van der Waals surface area contributed by atoms with Gasteiger partial charge in [-0.3, -0.25) is 4.79 Å². The Morgan fingerprint density at radius 3 is 1.97 bits per heavy atom. The summed E-state index contributed by atoms with van der Waals surface area (Å²) in [7, 11) is 4.11. The lowest BCUT2D eigenvalue weighted by Crippen LogP contribution is -2.42. The molecule has 1 aliphatic carbocycles. The van der Waals surface area contributed by atoms with Crippen LogP contribution in [0, 0.1) is 0 Å². The molecule has 1 aromatic heterocycles. The van der Waals surface area contributed by atoms with Gasteiger partial charge in [-0.2, -0.15) is 0 Å². The first kappa shape index (κ1) is 26.3. The molecule has 0 bridgehead atoms. The average Bonchev–Trinajstić information content (AvgIpc) is 2.91. The number of carbonyl (C=O) groups is 1. The lowest BCUT2D eigenvalue weighted by molar-refractivity contribution is -0.122. The van der Waals surface area contributed by atoms with Crippen molar-refractivity contribution in [2.45, 2.75) is 43.7 Å². The number of aromatic nitrogens is 1. The third-order valence-corrected chi connectivity index (χ3v) is 7.77. The zero-order valence-corrected chi connectivity index (χ0v) is 23.1. The van der Waals surface area contributed by atoms with E-state index in [1.54, 1.807) is 0 Å². The van der Waals surface area contributed by atoms with Gasteiger partial charge in [0, 0.05) is 53.4 Å². The third kappa shape index (κ3) is 6.06. The van der Waals surface area contributed by atoms with E-state index in [-0.39, 0.29) is 11.9 Å². The van der Waals surface area contributed by atoms with E-state index < -0.39 is 5.92 Å². The summed E-state index contributed by atoms with van der Waals surface area (Å²) in [6.07, 6.45) is 3.74. The standard InChI is InChI=1S/C31H32Cl2N4O/c1-37(2)28-19-29(36-27-6-4-3-5-26(27)28)34-24-15-17-25(18-16-24)35-31(38)30(20-7-11-22(32)12-8-20)21-9-13-23(33)14-10-21/h3-14,19,24-25,30H,15-18H2,1-2H3,(H,34,36)(H,35,38). The number of hydrogen-bond acceptors (Lipinski definition) is 4. The van der Waals surface area contributed by atoms with Crippen LogP contribution in [-0.2, 0) is 4.79 Å². The fraction of sp³-hybridized carbons (Fsp3) is 0.290. The van der Waals surface area contributed by atoms with Crippen molar-refractivity contribution in [1.29, 1.82) is 0 Å². The predicted octanol–water partition coefficient (Wildman–Crippen LogP) is 7.28. The molecule has 2 N–H and O–H groups in total. The summed E-state index contributed by atoms with van der Waals surface area (Å²) in [6, 6.07) is 25.8. The van der Waals surface area contributed by atoms with Crippen LogP contribution in [0.25, 0.3) is 10.9 Å². The summed E-state index contributed by atoms with van der Waals surface area (Å²) in [6.45, 7) is 0. The number of para-hydroxylation sites is 1. The van der Waals surface area contributed by atoms with Gasteiger partial charge < -0.3 is 15.5 Å². The normalized spacial score (nSPS) is 17.4. The van der Waals surface area contributed by atoms with E-state index in [4.69, 9.17) is 28.2 Å². The first-order valence-corrected chi connectivity index (χ1v) is 13.8. The molecular formula is C31H32Cl2N4O. The number of carbonyl (C=O) groups excluding carboxylic acids is 1. The maximum atomic E-state index is 13.6. The van der Waals surface area contributed by atoms with Gasteiger partial charge in [-0.05, 0) is 67.1 Å². The molecule has 5 nitrogen and oxygen atoms in total. The molecule has 0 aliphatic heterocycles. The van der Waals surface area contributed by atoms with Gasteiger partial charge in [0.1, 0.15) is 5.82 Å². The summed E-state index contributed by atoms with van der Waals surface area (Å²) >= 11 is 12.2. The maximum absolute atomic E-state index is 13.6. The van der Waals surface area contributed by atoms with Gasteiger partial charge in [-0.25, -0.2) is 4.98 Å². The molecule has 4 aromatic rings. The van der Waals surface area contributed by atoms with Gasteiger partial charge in [-0.1, -0.05) is 65.7 Å². The second-order valence-corrected chi connectivity index (χ2v) is 11.0. The molecule has 0 saturated heterocycles. The zero-order valence-electron chi connectivity index (χ0n) is 21.6. The first-order chi connectivity index (χ1) is 18.4. The second-order valence-electron chi connectivity index (χ2n) is 10.2. The molecule has 0 unspecified atom stereocenters. The van der Waals surface area contributed by atoms with Crippen LogP contribution in [0.2, 0.25) is 10.0 Å². The third-order valence-electron chi connectivity index (χ3n) is 7.27. The van der Waals surface area contributed by atoms with E-state index in [2.05, 4.69) is 47.8 Å². The Bertz CT molecular complexity index is 1350. The van der Waals surface area contributed by atoms with Crippen molar-refractivity contribution < 1.29 is 4.79 Å². The van der Waals surface area contributed by atoms with Crippen molar-refractivity contribution >= 4 is 51.5 Å². The number of pyridine rings is 1. The van der Waals surface area contributed by atoms with Crippen molar-refractivity contribution in [2.24, 2.45) is 0 Å². The number of benzene rings is 3. The highest BCUT2D eigenvalue weighted by atomic mass is 35.5. The number of rotatable bonds is 7. The number of amides is 1. The molecule has 7 heteroatoms. The highest BCUT2D eigenvalue weighted by molar-refractivity contribution is 6.30. The van der Waals surface area contributed by atoms with E-state index in [1.807, 2.05) is 60.7 Å². The molecule has 0 atom stereocenters. The number of anilines is 2. The van der Waals surface area contributed by atoms with Gasteiger partial charge in [0.25, 0.3) is 0 Å². The van der Waals surface area contributed by atoms with Gasteiger partial charge >= 0.3 is 0 Å². The Morgan fingerprint density at radius 1 is 0.842 bits per heavy atom. The van der Waals surface area contributed by atoms with Crippen LogP contribution in [0.3, 0.4) is 0 Å². The Balaban J connectivity index is 1.25. The number of fused-ring (bicyclic) bond motifs is 1. The van der Waals surface area contributed by atoms with Crippen LogP contribution in [0.1, 0.15) is 42.7 Å². The SMILES string of the molecule is CN(C)c1cc(NC2CCC(NC(=O)C(c3ccc(Cl)cc3)c3ccc(Cl)cc3)CC2)nc2ccccc12. The van der Waals surface area contributed by atoms with Gasteiger partial charge in [-0.15, -0.1) is 0 Å². The lowest BCUT2D eigenvalue weighted by atomic mass is 9.88. The molecule has 3 aromatic carbocycles. The monoisotopic (exact) mass is 546 g/mol. The molecule has 38 heavy (non-hydrogen) atoms. The number of nitrogens with zero attached hydrogens (tertiary/aromatic N) is 2. The number of halogens is 2. The smallest absolute Gasteiger partial charge is 0.232 e. The summed E-state index contributed by atoms with van der Waals surface area (Å²) in [5, 5.41) is 9.41. The van der Waals surface area contributed by atoms with Gasteiger partial charge in [0.15, 0.2) is 0 Å². The lowest BCUT2D eigenvalue weighted by Gasteiger charge is -2.31. The van der Waals surface area contributed by atoms with Crippen LogP contribution in [-0.4, -0.2) is 37.1 Å². The molecule has 1 fully saturated rings. The quantitative estimate of drug-likeness (QED) is 0.255. The summed E-state index contributed by atoms with van der Waals surface area (Å²) in [4.78, 5) is 20.6. The Morgan fingerprint density at radius 2 is 1.39 bits per heavy atom. The predicted molar refractivity (Wildman–Crippen MR) is 159 cm³/mol. The van der Waals surface area contributed by atoms with E-state index in [0.717, 1.165) is 59.2 Å². The fourth-order valence-electron chi connectivity index (χ4n) is 5.28. The minimum Gasteiger partial charge on any atom is -0.377 e. The highest BCUT2D eigenvalue weighted by Gasteiger charge is 2.28. The molecule has 5 rings (SSSR count). The van der Waals surface area contributed by atoms with Crippen molar-refractivity contribution in [1.82, 2.24) is 10.3 Å². The highest BCUT2D eigenvalue weighted by Crippen LogP contribution is 2.31. The van der Waals surface area contributed by atoms with Gasteiger partial charge in [0.2, 0.25) is 5.91 Å². The van der Waals surface area contributed by atoms with Crippen LogP contribution < -0.4 is 15.5 Å². The van der Waals surface area contributed by atoms with Crippen molar-refractivity contribution in [3.63, 3.8) is 0 Å². The molecule has 1 heterocycles. The molecular weight excluding hydrogens is 515 g/mol. The topological polar surface area (TPSA) is 57.3 Å². The Kier molecular flexibility index (Phi) is 8.06. The van der Waals surface area contributed by atoms with Crippen LogP contribution >= 0.6 is 23.2 Å². The van der Waals surface area contributed by atoms with Crippen LogP contribution in [0.5, 0.6) is 0 Å². The molecule has 1 saturated carbocycles. The summed E-state index contributed by atoms with van der Waals surface area (Å²) in [5.41, 5.74) is 3.94. The van der Waals surface area contributed by atoms with Crippen molar-refractivity contribution in [2.75, 3.05) is 24.3 Å². The summed E-state index contributed by atoms with van der Waals surface area (Å²) < 4.78 is 0. The van der Waals surface area contributed by atoms with Gasteiger partial charge in [0.05, 0.1) is 11.4 Å². The van der Waals surface area contributed by atoms with Crippen LogP contribution in [0.15, 0.2) is 78.9 Å². The fourth-order valence-corrected chi connectivity index (χ4v) is 5.53. The average molecular weight is 548 g/mol. The molecule has 0 radical (unpaired) electrons. The zero-order chi connectivity index (χ0) is 26.6. The molecule has 1 amide bonds. The first-order valence-electron chi connectivity index (χ1n) is 13.0. The number of hydrogen-bond donors (Lipinski definition) is 2. The van der Waals surface area contributed by atoms with E-state index in [0.29, 0.717) is 16.1 Å². The van der Waals surface area contributed by atoms with Crippen molar-refractivity contribution in [3.05, 3.63) is 100 Å². The van der Waals surface area contributed by atoms with E-state index in [1.165, 1.54) is 0 Å². The summed E-state index contributed by atoms with van der Waals surface area (Å²) in [5.74, 6) is 0.468. The van der Waals surface area contributed by atoms with Crippen molar-refractivity contribution in [3.8, 4) is 0 Å². The second kappa shape index (κ2) is 11.6. The molecule has 196 valence electrons. The van der Waals surface area contributed by atoms with Crippen LogP contribution in [0.4, 0.5) is 11.5 Å². The Hall–Kier alpha value is -3.28. The number of nitrogens with one attached hydrogen (secondary N) is 2. The minimum absolute atomic E-state index is 0.00197. The molecule has 0 spiro atoms.